The van der Waals surface area contributed by atoms with E-state index in [0.29, 0.717) is 11.3 Å². The number of allylic oxidation sites excluding steroid dienone is 1. The van der Waals surface area contributed by atoms with Crippen molar-refractivity contribution < 1.29 is 9.53 Å². The highest BCUT2D eigenvalue weighted by Gasteiger charge is 2.26. The first-order valence-corrected chi connectivity index (χ1v) is 8.97. The summed E-state index contributed by atoms with van der Waals surface area (Å²) in [5, 5.41) is 7.39. The Morgan fingerprint density at radius 3 is 2.62 bits per heavy atom. The molecule has 1 amide bonds. The first-order valence-electron chi connectivity index (χ1n) is 8.15. The number of hydrogen-bond acceptors (Lipinski definition) is 5. The lowest BCUT2D eigenvalue weighted by molar-refractivity contribution is -0.116. The van der Waals surface area contributed by atoms with Crippen LogP contribution in [0, 0.1) is 0 Å². The molecule has 5 nitrogen and oxygen atoms in total. The molecule has 2 aromatic rings. The summed E-state index contributed by atoms with van der Waals surface area (Å²) in [7, 11) is 1.67. The van der Waals surface area contributed by atoms with E-state index >= 15 is 0 Å². The second kappa shape index (κ2) is 6.72. The number of methoxy groups -OCH3 is 1. The summed E-state index contributed by atoms with van der Waals surface area (Å²) in [6, 6.07) is 15.9. The van der Waals surface area contributed by atoms with Crippen LogP contribution in [0.5, 0.6) is 5.75 Å². The molecule has 0 aliphatic carbocycles. The topological polar surface area (TPSA) is 62.7 Å². The number of benzene rings is 2. The third kappa shape index (κ3) is 2.88. The Labute approximate surface area is 155 Å². The van der Waals surface area contributed by atoms with Gasteiger partial charge in [0, 0.05) is 16.2 Å². The van der Waals surface area contributed by atoms with Gasteiger partial charge in [-0.15, -0.1) is 0 Å². The highest BCUT2D eigenvalue weighted by Crippen LogP contribution is 2.44. The highest BCUT2D eigenvalue weighted by molar-refractivity contribution is 8.08. The quantitative estimate of drug-likeness (QED) is 0.809. The molecule has 2 N–H and O–H groups in total. The van der Waals surface area contributed by atoms with Crippen LogP contribution in [0.2, 0.25) is 0 Å². The summed E-state index contributed by atoms with van der Waals surface area (Å²) in [5.41, 5.74) is 6.55. The number of hydrogen-bond donors (Lipinski definition) is 2. The lowest BCUT2D eigenvalue weighted by Crippen LogP contribution is -2.18. The molecule has 4 rings (SSSR count). The Morgan fingerprint density at radius 2 is 1.85 bits per heavy atom. The summed E-state index contributed by atoms with van der Waals surface area (Å²) in [5.74, 6) is 0.627. The molecule has 0 atom stereocenters. The molecule has 26 heavy (non-hydrogen) atoms. The molecule has 2 aromatic carbocycles. The van der Waals surface area contributed by atoms with Crippen LogP contribution in [-0.4, -0.2) is 18.7 Å². The van der Waals surface area contributed by atoms with Gasteiger partial charge in [-0.05, 0) is 31.2 Å². The van der Waals surface area contributed by atoms with Gasteiger partial charge in [-0.1, -0.05) is 42.1 Å². The van der Waals surface area contributed by atoms with Gasteiger partial charge in [-0.25, -0.2) is 5.43 Å². The Balaban J connectivity index is 1.83. The van der Waals surface area contributed by atoms with Crippen LogP contribution in [0.1, 0.15) is 12.5 Å². The number of rotatable bonds is 3. The first kappa shape index (κ1) is 16.5. The van der Waals surface area contributed by atoms with Gasteiger partial charge in [-0.2, -0.15) is 5.10 Å². The molecule has 130 valence electrons. The number of amides is 1. The standard InChI is InChI=1S/C20H17N3O2S/c1-12-19(20(24)23-22-12)15-11-18(13-7-3-4-8-14(13)21-15)26-17-10-6-5-9-16(17)25-2/h3-11,21H,1-2H3,(H,23,24)/b19-15-. The minimum atomic E-state index is -0.192. The zero-order valence-corrected chi connectivity index (χ0v) is 15.2. The van der Waals surface area contributed by atoms with E-state index in [1.165, 1.54) is 0 Å². The van der Waals surface area contributed by atoms with E-state index in [-0.39, 0.29) is 5.91 Å². The van der Waals surface area contributed by atoms with Gasteiger partial charge in [0.25, 0.3) is 5.91 Å². The van der Waals surface area contributed by atoms with Crippen molar-refractivity contribution in [3.63, 3.8) is 0 Å². The summed E-state index contributed by atoms with van der Waals surface area (Å²) in [6.07, 6.45) is 2.00. The van der Waals surface area contributed by atoms with Crippen molar-refractivity contribution in [1.82, 2.24) is 5.43 Å². The smallest absolute Gasteiger partial charge is 0.275 e. The third-order valence-electron chi connectivity index (χ3n) is 4.21. The molecule has 2 aliphatic rings. The van der Waals surface area contributed by atoms with Crippen molar-refractivity contribution in [2.75, 3.05) is 12.4 Å². The maximum absolute atomic E-state index is 12.2. The molecule has 0 fully saturated rings. The van der Waals surface area contributed by atoms with Crippen LogP contribution in [0.25, 0.3) is 4.91 Å². The van der Waals surface area contributed by atoms with Gasteiger partial charge in [0.1, 0.15) is 5.75 Å². The van der Waals surface area contributed by atoms with Gasteiger partial charge < -0.3 is 10.1 Å². The van der Waals surface area contributed by atoms with Crippen LogP contribution in [0.15, 0.2) is 75.9 Å². The third-order valence-corrected chi connectivity index (χ3v) is 5.32. The van der Waals surface area contributed by atoms with E-state index in [2.05, 4.69) is 21.9 Å². The number of carbonyl (C=O) groups is 1. The van der Waals surface area contributed by atoms with Crippen LogP contribution in [-0.2, 0) is 4.79 Å². The number of ether oxygens (including phenoxy) is 1. The molecule has 0 saturated heterocycles. The molecule has 0 aromatic heterocycles. The van der Waals surface area contributed by atoms with E-state index in [4.69, 9.17) is 4.74 Å². The van der Waals surface area contributed by atoms with E-state index in [9.17, 15) is 4.79 Å². The number of nitrogens with zero attached hydrogens (tertiary/aromatic N) is 1. The predicted octanol–water partition coefficient (Wildman–Crippen LogP) is 4.01. The summed E-state index contributed by atoms with van der Waals surface area (Å²) in [4.78, 5) is 14.2. The predicted molar refractivity (Wildman–Crippen MR) is 105 cm³/mol. The summed E-state index contributed by atoms with van der Waals surface area (Å²) >= 11 is 1.61. The summed E-state index contributed by atoms with van der Waals surface area (Å²) < 4.78 is 5.48. The van der Waals surface area contributed by atoms with Gasteiger partial charge in [-0.3, -0.25) is 4.79 Å². The van der Waals surface area contributed by atoms with Crippen LogP contribution in [0.3, 0.4) is 0 Å². The SMILES string of the molecule is COc1ccccc1SC1=C/C(=C2/C(=O)NN=C2C)Nc2ccccc21. The van der Waals surface area contributed by atoms with Crippen molar-refractivity contribution in [1.29, 1.82) is 0 Å². The lowest BCUT2D eigenvalue weighted by atomic mass is 10.0. The van der Waals surface area contributed by atoms with Crippen molar-refractivity contribution in [3.05, 3.63) is 71.4 Å². The molecule has 6 heteroatoms. The minimum absolute atomic E-state index is 0.192. The number of hydrazone groups is 1. The second-order valence-electron chi connectivity index (χ2n) is 5.86. The highest BCUT2D eigenvalue weighted by atomic mass is 32.2. The largest absolute Gasteiger partial charge is 0.496 e. The average Bonchev–Trinajstić information content (AvgIpc) is 3.00. The average molecular weight is 363 g/mol. The second-order valence-corrected chi connectivity index (χ2v) is 6.94. The lowest BCUT2D eigenvalue weighted by Gasteiger charge is -2.22. The van der Waals surface area contributed by atoms with Gasteiger partial charge in [0.15, 0.2) is 0 Å². The number of fused-ring (bicyclic) bond motifs is 1. The van der Waals surface area contributed by atoms with E-state index in [1.807, 2.05) is 55.5 Å². The maximum Gasteiger partial charge on any atom is 0.275 e. The number of anilines is 1. The van der Waals surface area contributed by atoms with Crippen molar-refractivity contribution in [2.45, 2.75) is 11.8 Å². The van der Waals surface area contributed by atoms with E-state index in [0.717, 1.165) is 32.5 Å². The fraction of sp³-hybridized carbons (Fsp3) is 0.100. The van der Waals surface area contributed by atoms with Gasteiger partial charge in [0.2, 0.25) is 0 Å². The maximum atomic E-state index is 12.2. The number of thioether (sulfide) groups is 1. The molecule has 0 unspecified atom stereocenters. The number of carbonyl (C=O) groups excluding carboxylic acids is 1. The van der Waals surface area contributed by atoms with E-state index < -0.39 is 0 Å². The fourth-order valence-electron chi connectivity index (χ4n) is 2.97. The molecule has 0 saturated carbocycles. The normalized spacial score (nSPS) is 18.5. The van der Waals surface area contributed by atoms with E-state index in [1.54, 1.807) is 18.9 Å². The molecule has 0 radical (unpaired) electrons. The summed E-state index contributed by atoms with van der Waals surface area (Å²) in [6.45, 7) is 1.82. The van der Waals surface area contributed by atoms with Crippen molar-refractivity contribution in [2.24, 2.45) is 5.10 Å². The van der Waals surface area contributed by atoms with Crippen LogP contribution >= 0.6 is 11.8 Å². The van der Waals surface area contributed by atoms with Gasteiger partial charge >= 0.3 is 0 Å². The zero-order valence-electron chi connectivity index (χ0n) is 14.4. The number of nitrogens with one attached hydrogen (secondary N) is 2. The minimum Gasteiger partial charge on any atom is -0.496 e. The zero-order chi connectivity index (χ0) is 18.1. The molecule has 2 aliphatic heterocycles. The Bertz CT molecular complexity index is 992. The molecular formula is C20H17N3O2S. The van der Waals surface area contributed by atoms with Crippen molar-refractivity contribution >= 4 is 34.0 Å². The molecular weight excluding hydrogens is 346 g/mol. The molecule has 0 spiro atoms. The van der Waals surface area contributed by atoms with Crippen LogP contribution < -0.4 is 15.5 Å². The number of para-hydroxylation sites is 2. The Hall–Kier alpha value is -2.99. The Kier molecular flexibility index (Phi) is 4.26. The fourth-order valence-corrected chi connectivity index (χ4v) is 4.07. The monoisotopic (exact) mass is 363 g/mol. The molecule has 0 bridgehead atoms. The first-order chi connectivity index (χ1) is 12.7. The van der Waals surface area contributed by atoms with Crippen LogP contribution in [0.4, 0.5) is 5.69 Å². The van der Waals surface area contributed by atoms with Gasteiger partial charge in [0.05, 0.1) is 29.0 Å². The van der Waals surface area contributed by atoms with Crippen molar-refractivity contribution in [3.8, 4) is 5.75 Å². The Morgan fingerprint density at radius 1 is 1.08 bits per heavy atom. The molecule has 2 heterocycles.